The van der Waals surface area contributed by atoms with Crippen LogP contribution in [0.25, 0.3) is 0 Å². The molecule has 0 atom stereocenters. The summed E-state index contributed by atoms with van der Waals surface area (Å²) in [4.78, 5) is 12.2. The summed E-state index contributed by atoms with van der Waals surface area (Å²) in [6.45, 7) is 0.599. The zero-order valence-corrected chi connectivity index (χ0v) is 7.53. The number of hydrogen-bond donors (Lipinski definition) is 1. The second-order valence-electron chi connectivity index (χ2n) is 3.34. The number of carbonyl (C=O) groups is 1. The van der Waals surface area contributed by atoms with Gasteiger partial charge >= 0.3 is 5.97 Å². The van der Waals surface area contributed by atoms with Crippen LogP contribution in [0, 0.1) is 5.82 Å². The van der Waals surface area contributed by atoms with Crippen molar-refractivity contribution in [3.8, 4) is 0 Å². The Kier molecular flexibility index (Phi) is 2.11. The topological polar surface area (TPSA) is 40.5 Å². The molecule has 1 aliphatic heterocycles. The molecule has 2 rings (SSSR count). The number of carboxylic acids is 1. The highest BCUT2D eigenvalue weighted by Gasteiger charge is 2.20. The number of nitrogens with zero attached hydrogens (tertiary/aromatic N) is 1. The monoisotopic (exact) mass is 195 g/mol. The fourth-order valence-corrected chi connectivity index (χ4v) is 1.75. The first-order valence-electron chi connectivity index (χ1n) is 4.42. The quantitative estimate of drug-likeness (QED) is 0.772. The lowest BCUT2D eigenvalue weighted by molar-refractivity contribution is -0.135. The van der Waals surface area contributed by atoms with Crippen LogP contribution >= 0.6 is 0 Å². The van der Waals surface area contributed by atoms with E-state index in [4.69, 9.17) is 5.11 Å². The van der Waals surface area contributed by atoms with E-state index in [1.165, 1.54) is 12.1 Å². The predicted octanol–water partition coefficient (Wildman–Crippen LogP) is 1.27. The third-order valence-corrected chi connectivity index (χ3v) is 2.37. The van der Waals surface area contributed by atoms with Gasteiger partial charge in [-0.1, -0.05) is 6.07 Å². The van der Waals surface area contributed by atoms with Crippen molar-refractivity contribution in [2.45, 2.75) is 6.42 Å². The molecule has 1 aromatic rings. The van der Waals surface area contributed by atoms with E-state index < -0.39 is 5.97 Å². The number of rotatable bonds is 2. The van der Waals surface area contributed by atoms with Gasteiger partial charge in [0.2, 0.25) is 0 Å². The van der Waals surface area contributed by atoms with E-state index in [9.17, 15) is 9.18 Å². The average Bonchev–Trinajstić information content (AvgIpc) is 2.47. The molecular weight excluding hydrogens is 185 g/mol. The number of halogens is 1. The molecule has 0 amide bonds. The van der Waals surface area contributed by atoms with Crippen LogP contribution < -0.4 is 4.90 Å². The molecule has 0 radical (unpaired) electrons. The summed E-state index contributed by atoms with van der Waals surface area (Å²) in [5.74, 6) is -1.21. The number of hydrogen-bond acceptors (Lipinski definition) is 2. The first-order chi connectivity index (χ1) is 6.66. The van der Waals surface area contributed by atoms with Crippen molar-refractivity contribution in [2.75, 3.05) is 18.0 Å². The highest BCUT2D eigenvalue weighted by atomic mass is 19.1. The molecule has 0 fully saturated rings. The molecule has 0 bridgehead atoms. The Morgan fingerprint density at radius 2 is 2.36 bits per heavy atom. The summed E-state index contributed by atoms with van der Waals surface area (Å²) in [6.07, 6.45) is 0.795. The van der Waals surface area contributed by atoms with Crippen LogP contribution in [0.3, 0.4) is 0 Å². The number of carboxylic acid groups (broad SMARTS) is 1. The summed E-state index contributed by atoms with van der Waals surface area (Å²) in [7, 11) is 0. The van der Waals surface area contributed by atoms with Gasteiger partial charge in [-0.05, 0) is 24.1 Å². The Morgan fingerprint density at radius 1 is 1.57 bits per heavy atom. The van der Waals surface area contributed by atoms with Crippen LogP contribution in [0.1, 0.15) is 5.56 Å². The Hall–Kier alpha value is -1.58. The molecule has 1 N–H and O–H groups in total. The van der Waals surface area contributed by atoms with Crippen molar-refractivity contribution < 1.29 is 14.3 Å². The number of benzene rings is 1. The van der Waals surface area contributed by atoms with Gasteiger partial charge in [0.05, 0.1) is 0 Å². The summed E-state index contributed by atoms with van der Waals surface area (Å²) < 4.78 is 12.9. The third kappa shape index (κ3) is 1.55. The van der Waals surface area contributed by atoms with Gasteiger partial charge in [-0.3, -0.25) is 4.79 Å². The molecule has 1 heterocycles. The molecule has 3 nitrogen and oxygen atoms in total. The molecule has 74 valence electrons. The molecule has 1 aromatic carbocycles. The lowest BCUT2D eigenvalue weighted by atomic mass is 10.2. The number of fused-ring (bicyclic) bond motifs is 1. The number of aliphatic carboxylic acids is 1. The van der Waals surface area contributed by atoms with Gasteiger partial charge in [-0.25, -0.2) is 4.39 Å². The zero-order chi connectivity index (χ0) is 10.1. The van der Waals surface area contributed by atoms with Crippen molar-refractivity contribution in [2.24, 2.45) is 0 Å². The molecular formula is C10H10FNO2. The van der Waals surface area contributed by atoms with Crippen LogP contribution in [-0.4, -0.2) is 24.2 Å². The zero-order valence-electron chi connectivity index (χ0n) is 7.53. The maximum absolute atomic E-state index is 12.9. The summed E-state index contributed by atoms with van der Waals surface area (Å²) in [5.41, 5.74) is 1.74. The largest absolute Gasteiger partial charge is 0.480 e. The number of anilines is 1. The van der Waals surface area contributed by atoms with Crippen LogP contribution in [0.5, 0.6) is 0 Å². The normalized spacial score (nSPS) is 14.2. The van der Waals surface area contributed by atoms with Gasteiger partial charge in [0.1, 0.15) is 12.4 Å². The van der Waals surface area contributed by atoms with Gasteiger partial charge in [0, 0.05) is 12.2 Å². The van der Waals surface area contributed by atoms with Crippen molar-refractivity contribution in [3.05, 3.63) is 29.6 Å². The van der Waals surface area contributed by atoms with Crippen LogP contribution in [0.2, 0.25) is 0 Å². The minimum Gasteiger partial charge on any atom is -0.480 e. The highest BCUT2D eigenvalue weighted by Crippen LogP contribution is 2.28. The molecule has 14 heavy (non-hydrogen) atoms. The molecule has 1 aliphatic rings. The van der Waals surface area contributed by atoms with E-state index in [0.717, 1.165) is 12.0 Å². The van der Waals surface area contributed by atoms with Gasteiger partial charge in [-0.15, -0.1) is 0 Å². The van der Waals surface area contributed by atoms with E-state index in [0.29, 0.717) is 12.2 Å². The van der Waals surface area contributed by atoms with Crippen molar-refractivity contribution >= 4 is 11.7 Å². The van der Waals surface area contributed by atoms with Gasteiger partial charge in [0.15, 0.2) is 0 Å². The molecule has 0 saturated carbocycles. The lowest BCUT2D eigenvalue weighted by Gasteiger charge is -2.16. The van der Waals surface area contributed by atoms with Gasteiger partial charge in [-0.2, -0.15) is 0 Å². The summed E-state index contributed by atoms with van der Waals surface area (Å²) >= 11 is 0. The lowest BCUT2D eigenvalue weighted by Crippen LogP contribution is -2.27. The van der Waals surface area contributed by atoms with E-state index in [1.54, 1.807) is 11.0 Å². The van der Waals surface area contributed by atoms with Crippen LogP contribution in [0.4, 0.5) is 10.1 Å². The Balaban J connectivity index is 2.28. The maximum atomic E-state index is 12.9. The molecule has 0 saturated heterocycles. The SMILES string of the molecule is O=C(O)CN1CCc2ccc(F)cc21. The molecule has 0 aliphatic carbocycles. The van der Waals surface area contributed by atoms with Crippen molar-refractivity contribution in [3.63, 3.8) is 0 Å². The molecule has 0 spiro atoms. The summed E-state index contributed by atoms with van der Waals surface area (Å²) in [6, 6.07) is 4.51. The second-order valence-corrected chi connectivity index (χ2v) is 3.34. The first-order valence-corrected chi connectivity index (χ1v) is 4.42. The highest BCUT2D eigenvalue weighted by molar-refractivity contribution is 5.75. The Labute approximate surface area is 80.8 Å². The fraction of sp³-hybridized carbons (Fsp3) is 0.300. The third-order valence-electron chi connectivity index (χ3n) is 2.37. The molecule has 4 heteroatoms. The van der Waals surface area contributed by atoms with Crippen LogP contribution in [0.15, 0.2) is 18.2 Å². The van der Waals surface area contributed by atoms with Crippen LogP contribution in [-0.2, 0) is 11.2 Å². The summed E-state index contributed by atoms with van der Waals surface area (Å²) in [5, 5.41) is 8.63. The first kappa shape index (κ1) is 8.99. The van der Waals surface area contributed by atoms with Crippen molar-refractivity contribution in [1.29, 1.82) is 0 Å². The van der Waals surface area contributed by atoms with E-state index >= 15 is 0 Å². The second kappa shape index (κ2) is 3.29. The predicted molar refractivity (Wildman–Crippen MR) is 50.0 cm³/mol. The molecule has 0 unspecified atom stereocenters. The maximum Gasteiger partial charge on any atom is 0.323 e. The van der Waals surface area contributed by atoms with Gasteiger partial charge in [0.25, 0.3) is 0 Å². The van der Waals surface area contributed by atoms with E-state index in [-0.39, 0.29) is 12.4 Å². The Morgan fingerprint density at radius 3 is 3.07 bits per heavy atom. The van der Waals surface area contributed by atoms with E-state index in [2.05, 4.69) is 0 Å². The minimum atomic E-state index is -0.887. The smallest absolute Gasteiger partial charge is 0.323 e. The fourth-order valence-electron chi connectivity index (χ4n) is 1.75. The Bertz CT molecular complexity index is 378. The van der Waals surface area contributed by atoms with Crippen molar-refractivity contribution in [1.82, 2.24) is 0 Å². The minimum absolute atomic E-state index is 0.0591. The average molecular weight is 195 g/mol. The standard InChI is InChI=1S/C10H10FNO2/c11-8-2-1-7-3-4-12(6-10(13)14)9(7)5-8/h1-2,5H,3-4,6H2,(H,13,14). The van der Waals surface area contributed by atoms with Gasteiger partial charge < -0.3 is 10.0 Å². The van der Waals surface area contributed by atoms with E-state index in [1.807, 2.05) is 0 Å². The molecule has 0 aromatic heterocycles.